The summed E-state index contributed by atoms with van der Waals surface area (Å²) in [5.41, 5.74) is 0. The maximum atomic E-state index is 12.7. The SMILES string of the molecule is CCNCc1cc(S(=O)(=O)N(C)C(C)C2CC2)c(C)o1. The largest absolute Gasteiger partial charge is 0.464 e. The summed E-state index contributed by atoms with van der Waals surface area (Å²) in [4.78, 5) is 0.292. The average molecular weight is 300 g/mol. The first-order valence-electron chi connectivity index (χ1n) is 7.16. The van der Waals surface area contributed by atoms with Crippen molar-refractivity contribution >= 4 is 10.0 Å². The molecule has 0 radical (unpaired) electrons. The van der Waals surface area contributed by atoms with E-state index in [0.29, 0.717) is 28.9 Å². The van der Waals surface area contributed by atoms with E-state index in [1.807, 2.05) is 13.8 Å². The van der Waals surface area contributed by atoms with E-state index in [9.17, 15) is 8.42 Å². The predicted octanol–water partition coefficient (Wildman–Crippen LogP) is 2.12. The molecule has 1 N–H and O–H groups in total. The summed E-state index contributed by atoms with van der Waals surface area (Å²) in [5, 5.41) is 3.13. The van der Waals surface area contributed by atoms with Crippen LogP contribution in [-0.4, -0.2) is 32.4 Å². The molecular weight excluding hydrogens is 276 g/mol. The maximum absolute atomic E-state index is 12.7. The van der Waals surface area contributed by atoms with Crippen LogP contribution in [0.15, 0.2) is 15.4 Å². The Balaban J connectivity index is 2.21. The third kappa shape index (κ3) is 3.07. The number of hydrogen-bond donors (Lipinski definition) is 1. The van der Waals surface area contributed by atoms with Gasteiger partial charge in [-0.15, -0.1) is 0 Å². The Morgan fingerprint density at radius 2 is 2.15 bits per heavy atom. The van der Waals surface area contributed by atoms with E-state index in [4.69, 9.17) is 4.42 Å². The molecule has 0 aromatic carbocycles. The van der Waals surface area contributed by atoms with E-state index in [0.717, 1.165) is 19.4 Å². The lowest BCUT2D eigenvalue weighted by molar-refractivity contribution is 0.356. The highest BCUT2D eigenvalue weighted by Gasteiger charge is 2.37. The average Bonchev–Trinajstić information content (AvgIpc) is 3.18. The first-order chi connectivity index (χ1) is 9.37. The van der Waals surface area contributed by atoms with E-state index in [2.05, 4.69) is 5.32 Å². The molecular formula is C14H24N2O3S. The zero-order valence-electron chi connectivity index (χ0n) is 12.6. The summed E-state index contributed by atoms with van der Waals surface area (Å²) in [6.07, 6.45) is 2.24. The van der Waals surface area contributed by atoms with Crippen molar-refractivity contribution in [2.45, 2.75) is 51.1 Å². The van der Waals surface area contributed by atoms with Crippen molar-refractivity contribution < 1.29 is 12.8 Å². The van der Waals surface area contributed by atoms with Gasteiger partial charge in [-0.05, 0) is 39.2 Å². The highest BCUT2D eigenvalue weighted by Crippen LogP contribution is 2.37. The number of hydrogen-bond acceptors (Lipinski definition) is 4. The molecule has 0 spiro atoms. The Bertz CT molecular complexity index is 561. The number of furan rings is 1. The van der Waals surface area contributed by atoms with Gasteiger partial charge in [-0.2, -0.15) is 4.31 Å². The molecule has 5 nitrogen and oxygen atoms in total. The summed E-state index contributed by atoms with van der Waals surface area (Å²) < 4.78 is 32.3. The summed E-state index contributed by atoms with van der Waals surface area (Å²) in [7, 11) is -1.80. The highest BCUT2D eigenvalue weighted by molar-refractivity contribution is 7.89. The van der Waals surface area contributed by atoms with Crippen molar-refractivity contribution in [3.63, 3.8) is 0 Å². The van der Waals surface area contributed by atoms with Crippen LogP contribution in [0.4, 0.5) is 0 Å². The Labute approximate surface area is 121 Å². The summed E-state index contributed by atoms with van der Waals surface area (Å²) >= 11 is 0. The minimum Gasteiger partial charge on any atom is -0.464 e. The Morgan fingerprint density at radius 3 is 2.70 bits per heavy atom. The van der Waals surface area contributed by atoms with Gasteiger partial charge in [0.1, 0.15) is 16.4 Å². The fourth-order valence-corrected chi connectivity index (χ4v) is 3.97. The Kier molecular flexibility index (Phi) is 4.56. The van der Waals surface area contributed by atoms with E-state index in [-0.39, 0.29) is 6.04 Å². The van der Waals surface area contributed by atoms with Crippen LogP contribution in [0, 0.1) is 12.8 Å². The molecule has 0 bridgehead atoms. The monoisotopic (exact) mass is 300 g/mol. The van der Waals surface area contributed by atoms with Crippen molar-refractivity contribution in [2.24, 2.45) is 5.92 Å². The zero-order valence-corrected chi connectivity index (χ0v) is 13.5. The molecule has 20 heavy (non-hydrogen) atoms. The van der Waals surface area contributed by atoms with Gasteiger partial charge in [-0.1, -0.05) is 6.92 Å². The molecule has 0 saturated heterocycles. The van der Waals surface area contributed by atoms with E-state index in [1.165, 1.54) is 4.31 Å². The second-order valence-electron chi connectivity index (χ2n) is 5.51. The summed E-state index contributed by atoms with van der Waals surface area (Å²) in [5.74, 6) is 1.63. The van der Waals surface area contributed by atoms with Crippen molar-refractivity contribution in [3.8, 4) is 0 Å². The lowest BCUT2D eigenvalue weighted by Crippen LogP contribution is -2.36. The fourth-order valence-electron chi connectivity index (χ4n) is 2.37. The van der Waals surface area contributed by atoms with Gasteiger partial charge in [0.05, 0.1) is 6.54 Å². The van der Waals surface area contributed by atoms with Gasteiger partial charge in [0.15, 0.2) is 0 Å². The molecule has 1 atom stereocenters. The van der Waals surface area contributed by atoms with E-state index < -0.39 is 10.0 Å². The van der Waals surface area contributed by atoms with Crippen LogP contribution in [0.25, 0.3) is 0 Å². The first-order valence-corrected chi connectivity index (χ1v) is 8.60. The summed E-state index contributed by atoms with van der Waals surface area (Å²) in [6, 6.07) is 1.69. The third-order valence-electron chi connectivity index (χ3n) is 4.01. The second-order valence-corrected chi connectivity index (χ2v) is 7.48. The minimum atomic E-state index is -3.47. The molecule has 1 aliphatic carbocycles. The van der Waals surface area contributed by atoms with Crippen LogP contribution in [0.3, 0.4) is 0 Å². The minimum absolute atomic E-state index is 0.0477. The predicted molar refractivity (Wildman–Crippen MR) is 78.0 cm³/mol. The van der Waals surface area contributed by atoms with Crippen molar-refractivity contribution in [1.29, 1.82) is 0 Å². The molecule has 1 heterocycles. The molecule has 0 aliphatic heterocycles. The van der Waals surface area contributed by atoms with Gasteiger partial charge in [0.25, 0.3) is 0 Å². The molecule has 1 aromatic heterocycles. The first kappa shape index (κ1) is 15.5. The normalized spacial score (nSPS) is 17.6. The standard InChI is InChI=1S/C14H24N2O3S/c1-5-15-9-13-8-14(11(3)19-13)20(17,18)16(4)10(2)12-6-7-12/h8,10,12,15H,5-7,9H2,1-4H3. The number of aryl methyl sites for hydroxylation is 1. The lowest BCUT2D eigenvalue weighted by atomic mass is 10.2. The molecule has 1 unspecified atom stereocenters. The maximum Gasteiger partial charge on any atom is 0.246 e. The number of rotatable bonds is 7. The van der Waals surface area contributed by atoms with Crippen molar-refractivity contribution in [1.82, 2.24) is 9.62 Å². The highest BCUT2D eigenvalue weighted by atomic mass is 32.2. The van der Waals surface area contributed by atoms with Gasteiger partial charge in [-0.3, -0.25) is 0 Å². The van der Waals surface area contributed by atoms with Crippen LogP contribution in [0.1, 0.15) is 38.2 Å². The molecule has 6 heteroatoms. The topological polar surface area (TPSA) is 62.6 Å². The molecule has 1 saturated carbocycles. The lowest BCUT2D eigenvalue weighted by Gasteiger charge is -2.23. The van der Waals surface area contributed by atoms with Crippen LogP contribution < -0.4 is 5.32 Å². The Morgan fingerprint density at radius 1 is 1.50 bits per heavy atom. The van der Waals surface area contributed by atoms with Gasteiger partial charge in [0, 0.05) is 19.2 Å². The quantitative estimate of drug-likeness (QED) is 0.838. The van der Waals surface area contributed by atoms with Crippen LogP contribution in [0.2, 0.25) is 0 Å². The van der Waals surface area contributed by atoms with Crippen LogP contribution in [0.5, 0.6) is 0 Å². The fraction of sp³-hybridized carbons (Fsp3) is 0.714. The molecule has 1 aliphatic rings. The number of nitrogens with one attached hydrogen (secondary N) is 1. The third-order valence-corrected chi connectivity index (χ3v) is 6.06. The van der Waals surface area contributed by atoms with E-state index >= 15 is 0 Å². The summed E-state index contributed by atoms with van der Waals surface area (Å²) in [6.45, 7) is 7.05. The molecule has 2 rings (SSSR count). The molecule has 0 amide bonds. The van der Waals surface area contributed by atoms with Crippen LogP contribution >= 0.6 is 0 Å². The van der Waals surface area contributed by atoms with Crippen LogP contribution in [-0.2, 0) is 16.6 Å². The van der Waals surface area contributed by atoms with Gasteiger partial charge in [-0.25, -0.2) is 8.42 Å². The Hall–Kier alpha value is -0.850. The van der Waals surface area contributed by atoms with Gasteiger partial charge >= 0.3 is 0 Å². The second kappa shape index (κ2) is 5.87. The molecule has 1 fully saturated rings. The number of nitrogens with zero attached hydrogens (tertiary/aromatic N) is 1. The molecule has 1 aromatic rings. The van der Waals surface area contributed by atoms with Gasteiger partial charge < -0.3 is 9.73 Å². The van der Waals surface area contributed by atoms with Crippen molar-refractivity contribution in [2.75, 3.05) is 13.6 Å². The number of sulfonamides is 1. The van der Waals surface area contributed by atoms with E-state index in [1.54, 1.807) is 20.0 Å². The molecule has 114 valence electrons. The smallest absolute Gasteiger partial charge is 0.246 e. The zero-order chi connectivity index (χ0) is 14.9. The van der Waals surface area contributed by atoms with Crippen molar-refractivity contribution in [3.05, 3.63) is 17.6 Å². The van der Waals surface area contributed by atoms with Gasteiger partial charge in [0.2, 0.25) is 10.0 Å².